The zero-order valence-electron chi connectivity index (χ0n) is 13.4. The summed E-state index contributed by atoms with van der Waals surface area (Å²) in [6, 6.07) is -1.30. The van der Waals surface area contributed by atoms with Gasteiger partial charge in [0.15, 0.2) is 0 Å². The number of esters is 2. The van der Waals surface area contributed by atoms with Gasteiger partial charge < -0.3 is 20.9 Å². The maximum Gasteiger partial charge on any atom is 0.323 e. The second-order valence-electron chi connectivity index (χ2n) is 4.82. The van der Waals surface area contributed by atoms with Gasteiger partial charge in [-0.3, -0.25) is 9.59 Å². The molecule has 0 saturated carbocycles. The molecule has 0 heterocycles. The lowest BCUT2D eigenvalue weighted by Crippen LogP contribution is -2.35. The second kappa shape index (κ2) is 14.2. The first-order chi connectivity index (χ1) is 10.5. The molecule has 0 saturated heterocycles. The van der Waals surface area contributed by atoms with Crippen LogP contribution in [0.3, 0.4) is 0 Å². The van der Waals surface area contributed by atoms with E-state index in [0.29, 0.717) is 24.7 Å². The lowest BCUT2D eigenvalue weighted by atomic mass is 10.3. The van der Waals surface area contributed by atoms with Crippen LogP contribution in [-0.2, 0) is 19.1 Å². The van der Waals surface area contributed by atoms with Crippen molar-refractivity contribution in [1.29, 1.82) is 0 Å². The molecule has 0 aliphatic rings. The summed E-state index contributed by atoms with van der Waals surface area (Å²) in [4.78, 5) is 23.1. The normalized spacial score (nSPS) is 13.5. The molecule has 4 N–H and O–H groups in total. The summed E-state index contributed by atoms with van der Waals surface area (Å²) in [5.74, 6) is 0.0788. The van der Waals surface area contributed by atoms with E-state index in [1.54, 1.807) is 0 Å². The average Bonchev–Trinajstić information content (AvgIpc) is 2.51. The number of hydrogen-bond acceptors (Lipinski definition) is 8. The van der Waals surface area contributed by atoms with Gasteiger partial charge in [-0.2, -0.15) is 0 Å². The molecule has 0 bridgehead atoms. The topological polar surface area (TPSA) is 105 Å². The third kappa shape index (κ3) is 11.2. The van der Waals surface area contributed by atoms with Gasteiger partial charge in [0.2, 0.25) is 0 Å². The molecule has 0 aromatic rings. The van der Waals surface area contributed by atoms with Crippen LogP contribution in [0.4, 0.5) is 0 Å². The molecular weight excluding hydrogens is 324 g/mol. The first-order valence-electron chi connectivity index (χ1n) is 7.61. The van der Waals surface area contributed by atoms with Gasteiger partial charge in [0.1, 0.15) is 12.1 Å². The average molecular weight is 353 g/mol. The quantitative estimate of drug-likeness (QED) is 0.293. The third-order valence-electron chi connectivity index (χ3n) is 2.67. The van der Waals surface area contributed by atoms with Crippen LogP contribution in [0.5, 0.6) is 0 Å². The van der Waals surface area contributed by atoms with Crippen molar-refractivity contribution in [3.63, 3.8) is 0 Å². The molecule has 0 rings (SSSR count). The first kappa shape index (κ1) is 21.6. The number of unbranched alkanes of at least 4 members (excludes halogenated alkanes) is 2. The van der Waals surface area contributed by atoms with Crippen molar-refractivity contribution >= 4 is 33.5 Å². The molecule has 0 aromatic heterocycles. The number of nitrogens with two attached hydrogens (primary N) is 2. The minimum Gasteiger partial charge on any atom is -0.465 e. The Hall–Kier alpha value is -0.440. The predicted octanol–water partition coefficient (Wildman–Crippen LogP) is 1.71. The zero-order valence-corrected chi connectivity index (χ0v) is 15.0. The van der Waals surface area contributed by atoms with Crippen molar-refractivity contribution in [3.8, 4) is 0 Å². The van der Waals surface area contributed by atoms with Crippen molar-refractivity contribution in [2.75, 3.05) is 24.7 Å². The summed E-state index contributed by atoms with van der Waals surface area (Å²) in [5, 5.41) is 0. The van der Waals surface area contributed by atoms with Crippen LogP contribution in [0.25, 0.3) is 0 Å². The van der Waals surface area contributed by atoms with Crippen LogP contribution in [0.1, 0.15) is 39.5 Å². The Labute approximate surface area is 140 Å². The summed E-state index contributed by atoms with van der Waals surface area (Å²) < 4.78 is 10.1. The lowest BCUT2D eigenvalue weighted by molar-refractivity contribution is -0.145. The molecule has 130 valence electrons. The zero-order chi connectivity index (χ0) is 16.8. The first-order valence-corrected chi connectivity index (χ1v) is 10.1. The van der Waals surface area contributed by atoms with Gasteiger partial charge in [-0.15, -0.1) is 0 Å². The van der Waals surface area contributed by atoms with Crippen molar-refractivity contribution in [3.05, 3.63) is 0 Å². The van der Waals surface area contributed by atoms with E-state index in [1.807, 2.05) is 13.8 Å². The molecule has 0 amide bonds. The van der Waals surface area contributed by atoms with Crippen LogP contribution in [0, 0.1) is 0 Å². The molecule has 0 fully saturated rings. The Morgan fingerprint density at radius 3 is 1.55 bits per heavy atom. The summed E-state index contributed by atoms with van der Waals surface area (Å²) in [5.41, 5.74) is 11.5. The van der Waals surface area contributed by atoms with Gasteiger partial charge in [-0.05, 0) is 12.8 Å². The highest BCUT2D eigenvalue weighted by Crippen LogP contribution is 2.22. The number of carbonyl (C=O) groups is 2. The SMILES string of the molecule is CCCCOC(=O)C(N)CSSCC(N)C(=O)OCCCC. The van der Waals surface area contributed by atoms with E-state index in [9.17, 15) is 9.59 Å². The van der Waals surface area contributed by atoms with Gasteiger partial charge in [0.05, 0.1) is 13.2 Å². The predicted molar refractivity (Wildman–Crippen MR) is 92.6 cm³/mol. The molecule has 0 radical (unpaired) electrons. The molecule has 0 aromatic carbocycles. The third-order valence-corrected chi connectivity index (χ3v) is 5.14. The van der Waals surface area contributed by atoms with Gasteiger partial charge in [-0.1, -0.05) is 48.3 Å². The van der Waals surface area contributed by atoms with Crippen LogP contribution in [0.15, 0.2) is 0 Å². The molecule has 6 nitrogen and oxygen atoms in total. The van der Waals surface area contributed by atoms with Gasteiger partial charge in [0.25, 0.3) is 0 Å². The Balaban J connectivity index is 3.69. The Bertz CT molecular complexity index is 289. The number of carbonyl (C=O) groups excluding carboxylic acids is 2. The lowest BCUT2D eigenvalue weighted by Gasteiger charge is -2.12. The highest BCUT2D eigenvalue weighted by molar-refractivity contribution is 8.76. The number of ether oxygens (including phenoxy) is 2. The molecule has 2 atom stereocenters. The molecular formula is C14H28N2O4S2. The Kier molecular flexibility index (Phi) is 13.9. The molecule has 0 aliphatic heterocycles. The molecule has 0 spiro atoms. The maximum absolute atomic E-state index is 11.5. The highest BCUT2D eigenvalue weighted by atomic mass is 33.1. The monoisotopic (exact) mass is 352 g/mol. The van der Waals surface area contributed by atoms with Gasteiger partial charge in [-0.25, -0.2) is 0 Å². The van der Waals surface area contributed by atoms with E-state index in [4.69, 9.17) is 20.9 Å². The Morgan fingerprint density at radius 2 is 1.23 bits per heavy atom. The smallest absolute Gasteiger partial charge is 0.323 e. The molecule has 0 aliphatic carbocycles. The van der Waals surface area contributed by atoms with E-state index >= 15 is 0 Å². The summed E-state index contributed by atoms with van der Waals surface area (Å²) in [6.45, 7) is 4.87. The minimum atomic E-state index is -0.651. The standard InChI is InChI=1S/C14H28N2O4S2/c1-3-5-7-19-13(17)11(15)9-21-22-10-12(16)14(18)20-8-6-4-2/h11-12H,3-10,15-16H2,1-2H3. The van der Waals surface area contributed by atoms with Crippen LogP contribution in [0.2, 0.25) is 0 Å². The maximum atomic E-state index is 11.5. The number of hydrogen-bond donors (Lipinski definition) is 2. The van der Waals surface area contributed by atoms with Crippen LogP contribution in [-0.4, -0.2) is 48.7 Å². The van der Waals surface area contributed by atoms with E-state index in [1.165, 1.54) is 21.6 Å². The molecule has 8 heteroatoms. The highest BCUT2D eigenvalue weighted by Gasteiger charge is 2.17. The largest absolute Gasteiger partial charge is 0.465 e. The van der Waals surface area contributed by atoms with Gasteiger partial charge >= 0.3 is 11.9 Å². The minimum absolute atomic E-state index is 0.384. The van der Waals surface area contributed by atoms with Crippen LogP contribution < -0.4 is 11.5 Å². The van der Waals surface area contributed by atoms with Gasteiger partial charge in [0, 0.05) is 11.5 Å². The van der Waals surface area contributed by atoms with Crippen molar-refractivity contribution in [2.45, 2.75) is 51.6 Å². The van der Waals surface area contributed by atoms with Crippen molar-refractivity contribution < 1.29 is 19.1 Å². The van der Waals surface area contributed by atoms with E-state index in [0.717, 1.165) is 25.7 Å². The fraction of sp³-hybridized carbons (Fsp3) is 0.857. The summed E-state index contributed by atoms with van der Waals surface area (Å²) in [7, 11) is 2.81. The fourth-order valence-electron chi connectivity index (χ4n) is 1.23. The summed E-state index contributed by atoms with van der Waals surface area (Å²) in [6.07, 6.45) is 3.63. The number of rotatable bonds is 13. The van der Waals surface area contributed by atoms with E-state index in [2.05, 4.69) is 0 Å². The fourth-order valence-corrected chi connectivity index (χ4v) is 3.44. The summed E-state index contributed by atoms with van der Waals surface area (Å²) >= 11 is 0. The van der Waals surface area contributed by atoms with E-state index < -0.39 is 12.1 Å². The van der Waals surface area contributed by atoms with Crippen molar-refractivity contribution in [1.82, 2.24) is 0 Å². The van der Waals surface area contributed by atoms with Crippen LogP contribution >= 0.6 is 21.6 Å². The van der Waals surface area contributed by atoms with E-state index in [-0.39, 0.29) is 11.9 Å². The second-order valence-corrected chi connectivity index (χ2v) is 7.38. The molecule has 2 unspecified atom stereocenters. The Morgan fingerprint density at radius 1 is 0.864 bits per heavy atom. The molecule has 22 heavy (non-hydrogen) atoms. The van der Waals surface area contributed by atoms with Crippen molar-refractivity contribution in [2.24, 2.45) is 11.5 Å².